The summed E-state index contributed by atoms with van der Waals surface area (Å²) in [5.41, 5.74) is 1.22. The van der Waals surface area contributed by atoms with Crippen LogP contribution in [0, 0.1) is 0 Å². The number of aromatic carboxylic acids is 1. The molecule has 0 radical (unpaired) electrons. The van der Waals surface area contributed by atoms with E-state index in [4.69, 9.17) is 9.84 Å². The maximum absolute atomic E-state index is 11.2. The molecule has 0 bridgehead atoms. The number of benzene rings is 1. The number of carbonyl (C=O) groups is 1. The normalized spacial score (nSPS) is 26.2. The standard InChI is InChI=1S/C18H19N3O3/c22-17(23)13-8-9-19-18(20-13)21-10-4-7-15-14(21)11-16(24-15)12-5-2-1-3-6-12/h1-3,5-6,8-9,14-16H,4,7,10-11H2,(H,22,23)/t14-,15-,16-/m0/s1. The molecule has 2 aromatic rings. The number of nitrogens with zero attached hydrogens (tertiary/aromatic N) is 3. The summed E-state index contributed by atoms with van der Waals surface area (Å²) in [4.78, 5) is 21.8. The predicted octanol–water partition coefficient (Wildman–Crippen LogP) is 2.67. The van der Waals surface area contributed by atoms with Gasteiger partial charge in [-0.15, -0.1) is 0 Å². The lowest BCUT2D eigenvalue weighted by molar-refractivity contribution is 0.0298. The number of ether oxygens (including phenoxy) is 1. The van der Waals surface area contributed by atoms with Gasteiger partial charge in [0.2, 0.25) is 5.95 Å². The lowest BCUT2D eigenvalue weighted by Gasteiger charge is -2.36. The van der Waals surface area contributed by atoms with Gasteiger partial charge in [0.25, 0.3) is 0 Å². The van der Waals surface area contributed by atoms with Crippen LogP contribution in [0.3, 0.4) is 0 Å². The number of hydrogen-bond donors (Lipinski definition) is 1. The van der Waals surface area contributed by atoms with Crippen LogP contribution in [0.5, 0.6) is 0 Å². The van der Waals surface area contributed by atoms with Crippen molar-refractivity contribution in [2.24, 2.45) is 0 Å². The number of aromatic nitrogens is 2. The maximum Gasteiger partial charge on any atom is 0.354 e. The summed E-state index contributed by atoms with van der Waals surface area (Å²) in [6, 6.07) is 11.8. The van der Waals surface area contributed by atoms with Gasteiger partial charge < -0.3 is 14.7 Å². The van der Waals surface area contributed by atoms with Gasteiger partial charge in [-0.1, -0.05) is 30.3 Å². The summed E-state index contributed by atoms with van der Waals surface area (Å²) >= 11 is 0. The molecule has 6 heteroatoms. The maximum atomic E-state index is 11.2. The summed E-state index contributed by atoms with van der Waals surface area (Å²) in [6.07, 6.45) is 4.60. The fraction of sp³-hybridized carbons (Fsp3) is 0.389. The van der Waals surface area contributed by atoms with E-state index in [-0.39, 0.29) is 23.9 Å². The monoisotopic (exact) mass is 325 g/mol. The zero-order valence-electron chi connectivity index (χ0n) is 13.2. The van der Waals surface area contributed by atoms with E-state index in [1.807, 2.05) is 18.2 Å². The van der Waals surface area contributed by atoms with Gasteiger partial charge in [0.15, 0.2) is 5.69 Å². The van der Waals surface area contributed by atoms with E-state index in [9.17, 15) is 4.79 Å². The third-order valence-corrected chi connectivity index (χ3v) is 4.80. The molecule has 0 aliphatic carbocycles. The molecule has 0 saturated carbocycles. The van der Waals surface area contributed by atoms with Gasteiger partial charge in [0.05, 0.1) is 18.2 Å². The number of anilines is 1. The van der Waals surface area contributed by atoms with E-state index in [2.05, 4.69) is 27.0 Å². The minimum atomic E-state index is -1.03. The minimum Gasteiger partial charge on any atom is -0.477 e. The number of fused-ring (bicyclic) bond motifs is 1. The van der Waals surface area contributed by atoms with Gasteiger partial charge in [-0.2, -0.15) is 0 Å². The summed E-state index contributed by atoms with van der Waals surface area (Å²) in [6.45, 7) is 0.828. The largest absolute Gasteiger partial charge is 0.477 e. The molecule has 1 N–H and O–H groups in total. The number of rotatable bonds is 3. The number of carboxylic acids is 1. The number of piperidine rings is 1. The molecule has 4 rings (SSSR count). The summed E-state index contributed by atoms with van der Waals surface area (Å²) < 4.78 is 6.27. The zero-order chi connectivity index (χ0) is 16.5. The molecule has 3 atom stereocenters. The molecule has 0 unspecified atom stereocenters. The first-order valence-electron chi connectivity index (χ1n) is 8.26. The van der Waals surface area contributed by atoms with Crippen molar-refractivity contribution in [1.29, 1.82) is 0 Å². The fourth-order valence-corrected chi connectivity index (χ4v) is 3.68. The fourth-order valence-electron chi connectivity index (χ4n) is 3.68. The van der Waals surface area contributed by atoms with E-state index in [0.717, 1.165) is 25.8 Å². The van der Waals surface area contributed by atoms with Crippen LogP contribution in [0.25, 0.3) is 0 Å². The molecule has 0 spiro atoms. The van der Waals surface area contributed by atoms with Crippen molar-refractivity contribution in [2.45, 2.75) is 37.5 Å². The lowest BCUT2D eigenvalue weighted by atomic mass is 9.96. The quantitative estimate of drug-likeness (QED) is 0.935. The van der Waals surface area contributed by atoms with Crippen LogP contribution in [0.1, 0.15) is 41.4 Å². The summed E-state index contributed by atoms with van der Waals surface area (Å²) in [5.74, 6) is -0.543. The lowest BCUT2D eigenvalue weighted by Crippen LogP contribution is -2.46. The van der Waals surface area contributed by atoms with E-state index < -0.39 is 5.97 Å². The van der Waals surface area contributed by atoms with Crippen LogP contribution in [0.15, 0.2) is 42.6 Å². The van der Waals surface area contributed by atoms with Crippen LogP contribution >= 0.6 is 0 Å². The van der Waals surface area contributed by atoms with Crippen molar-refractivity contribution < 1.29 is 14.6 Å². The van der Waals surface area contributed by atoms with Crippen molar-refractivity contribution >= 4 is 11.9 Å². The molecule has 1 aromatic heterocycles. The smallest absolute Gasteiger partial charge is 0.354 e. The van der Waals surface area contributed by atoms with E-state index in [0.29, 0.717) is 5.95 Å². The third-order valence-electron chi connectivity index (χ3n) is 4.80. The second kappa shape index (κ2) is 6.20. The number of hydrogen-bond acceptors (Lipinski definition) is 5. The Balaban J connectivity index is 1.59. The zero-order valence-corrected chi connectivity index (χ0v) is 13.2. The molecule has 2 aliphatic rings. The Kier molecular flexibility index (Phi) is 3.90. The Hall–Kier alpha value is -2.47. The number of carboxylic acid groups (broad SMARTS) is 1. The Bertz CT molecular complexity index is 737. The molecule has 6 nitrogen and oxygen atoms in total. The van der Waals surface area contributed by atoms with Crippen LogP contribution in [0.2, 0.25) is 0 Å². The molecular formula is C18H19N3O3. The summed E-state index contributed by atoms with van der Waals surface area (Å²) in [7, 11) is 0. The van der Waals surface area contributed by atoms with Crippen LogP contribution in [-0.2, 0) is 4.74 Å². The van der Waals surface area contributed by atoms with E-state index in [1.165, 1.54) is 17.8 Å². The predicted molar refractivity (Wildman–Crippen MR) is 88.0 cm³/mol. The van der Waals surface area contributed by atoms with Crippen molar-refractivity contribution in [3.8, 4) is 0 Å². The average Bonchev–Trinajstić information content (AvgIpc) is 3.07. The second-order valence-electron chi connectivity index (χ2n) is 6.26. The Morgan fingerprint density at radius 2 is 2.08 bits per heavy atom. The SMILES string of the molecule is O=C(O)c1ccnc(N2CCC[C@@H]3O[C@H](c4ccccc4)C[C@@H]32)n1. The first-order chi connectivity index (χ1) is 11.7. The van der Waals surface area contributed by atoms with Crippen molar-refractivity contribution in [1.82, 2.24) is 9.97 Å². The molecule has 2 aliphatic heterocycles. The van der Waals surface area contributed by atoms with Gasteiger partial charge in [0.1, 0.15) is 0 Å². The Morgan fingerprint density at radius 3 is 2.88 bits per heavy atom. The third kappa shape index (κ3) is 2.73. The molecular weight excluding hydrogens is 306 g/mol. The molecule has 124 valence electrons. The van der Waals surface area contributed by atoms with Gasteiger partial charge in [-0.25, -0.2) is 14.8 Å². The van der Waals surface area contributed by atoms with E-state index >= 15 is 0 Å². The summed E-state index contributed by atoms with van der Waals surface area (Å²) in [5, 5.41) is 9.15. The van der Waals surface area contributed by atoms with Crippen LogP contribution in [0.4, 0.5) is 5.95 Å². The highest BCUT2D eigenvalue weighted by Gasteiger charge is 2.42. The molecule has 24 heavy (non-hydrogen) atoms. The van der Waals surface area contributed by atoms with Crippen LogP contribution < -0.4 is 4.90 Å². The Morgan fingerprint density at radius 1 is 1.25 bits per heavy atom. The average molecular weight is 325 g/mol. The first kappa shape index (κ1) is 15.1. The molecule has 1 aromatic carbocycles. The van der Waals surface area contributed by atoms with Gasteiger partial charge >= 0.3 is 5.97 Å². The van der Waals surface area contributed by atoms with Crippen LogP contribution in [-0.4, -0.2) is 39.7 Å². The highest BCUT2D eigenvalue weighted by atomic mass is 16.5. The highest BCUT2D eigenvalue weighted by Crippen LogP contribution is 2.40. The van der Waals surface area contributed by atoms with Crippen molar-refractivity contribution in [3.63, 3.8) is 0 Å². The molecule has 2 fully saturated rings. The molecule has 0 amide bonds. The molecule has 2 saturated heterocycles. The van der Waals surface area contributed by atoms with Crippen molar-refractivity contribution in [2.75, 3.05) is 11.4 Å². The Labute approximate surface area is 140 Å². The first-order valence-corrected chi connectivity index (χ1v) is 8.26. The minimum absolute atomic E-state index is 0.0284. The van der Waals surface area contributed by atoms with E-state index in [1.54, 1.807) is 0 Å². The van der Waals surface area contributed by atoms with Gasteiger partial charge in [0, 0.05) is 19.2 Å². The topological polar surface area (TPSA) is 75.5 Å². The highest BCUT2D eigenvalue weighted by molar-refractivity contribution is 5.85. The second-order valence-corrected chi connectivity index (χ2v) is 6.26. The molecule has 3 heterocycles. The van der Waals surface area contributed by atoms with Gasteiger partial charge in [-0.05, 0) is 24.5 Å². The van der Waals surface area contributed by atoms with Crippen molar-refractivity contribution in [3.05, 3.63) is 53.9 Å². The van der Waals surface area contributed by atoms with Gasteiger partial charge in [-0.3, -0.25) is 0 Å².